The number of nitriles is 1. The van der Waals surface area contributed by atoms with Crippen LogP contribution in [0.2, 0.25) is 0 Å². The van der Waals surface area contributed by atoms with E-state index < -0.39 is 18.5 Å². The third-order valence-corrected chi connectivity index (χ3v) is 4.41. The number of aliphatic carboxylic acids is 1. The van der Waals surface area contributed by atoms with Gasteiger partial charge in [0.1, 0.15) is 17.4 Å². The summed E-state index contributed by atoms with van der Waals surface area (Å²) in [6.45, 7) is 1.55. The highest BCUT2D eigenvalue weighted by atomic mass is 79.9. The van der Waals surface area contributed by atoms with Crippen LogP contribution in [0.25, 0.3) is 6.08 Å². The van der Waals surface area contributed by atoms with Crippen molar-refractivity contribution in [2.75, 3.05) is 25.6 Å². The monoisotopic (exact) mass is 474 g/mol. The molecule has 2 N–H and O–H groups in total. The minimum absolute atomic E-state index is 0.131. The van der Waals surface area contributed by atoms with Gasteiger partial charge in [0.15, 0.2) is 18.1 Å². The summed E-state index contributed by atoms with van der Waals surface area (Å²) in [5.41, 5.74) is 0.865. The van der Waals surface area contributed by atoms with E-state index in [1.165, 1.54) is 19.3 Å². The molecule has 0 unspecified atom stereocenters. The fourth-order valence-electron chi connectivity index (χ4n) is 2.36. The molecular formula is C21H19BrN2O6. The molecule has 8 nitrogen and oxygen atoms in total. The number of hydrogen-bond acceptors (Lipinski definition) is 6. The molecule has 0 saturated heterocycles. The van der Waals surface area contributed by atoms with Crippen molar-refractivity contribution in [1.82, 2.24) is 0 Å². The van der Waals surface area contributed by atoms with E-state index in [9.17, 15) is 14.9 Å². The van der Waals surface area contributed by atoms with Crippen LogP contribution in [0.5, 0.6) is 17.2 Å². The molecule has 0 heterocycles. The topological polar surface area (TPSA) is 118 Å². The van der Waals surface area contributed by atoms with Gasteiger partial charge in [0.2, 0.25) is 0 Å². The molecule has 9 heteroatoms. The molecule has 0 aromatic heterocycles. The number of nitrogens with one attached hydrogen (secondary N) is 1. The van der Waals surface area contributed by atoms with E-state index >= 15 is 0 Å². The van der Waals surface area contributed by atoms with Gasteiger partial charge in [-0.25, -0.2) is 4.79 Å². The standard InChI is InChI=1S/C21H19BrN2O6/c1-3-29-18-9-13(17(22)10-19(18)30-12-20(25)26)8-14(11-23)21(27)24-15-4-6-16(28-2)7-5-15/h4-10H,3,12H2,1-2H3,(H,24,27)(H,25,26)/b14-8+. The molecule has 0 bridgehead atoms. The summed E-state index contributed by atoms with van der Waals surface area (Å²) in [6, 6.07) is 11.6. The van der Waals surface area contributed by atoms with Crippen molar-refractivity contribution in [3.8, 4) is 23.3 Å². The lowest BCUT2D eigenvalue weighted by Crippen LogP contribution is -2.13. The first-order valence-electron chi connectivity index (χ1n) is 8.76. The van der Waals surface area contributed by atoms with E-state index in [2.05, 4.69) is 21.2 Å². The average molecular weight is 475 g/mol. The van der Waals surface area contributed by atoms with Crippen LogP contribution in [-0.4, -0.2) is 37.3 Å². The van der Waals surface area contributed by atoms with Crippen LogP contribution in [0.3, 0.4) is 0 Å². The molecule has 2 aromatic rings. The third kappa shape index (κ3) is 6.25. The number of benzene rings is 2. The van der Waals surface area contributed by atoms with Gasteiger partial charge in [0.05, 0.1) is 13.7 Å². The maximum Gasteiger partial charge on any atom is 0.341 e. The second kappa shape index (κ2) is 10.9. The quantitative estimate of drug-likeness (QED) is 0.418. The predicted octanol–water partition coefficient (Wildman–Crippen LogP) is 3.87. The van der Waals surface area contributed by atoms with Crippen molar-refractivity contribution < 1.29 is 28.9 Å². The van der Waals surface area contributed by atoms with E-state index in [-0.39, 0.29) is 11.3 Å². The Bertz CT molecular complexity index is 996. The summed E-state index contributed by atoms with van der Waals surface area (Å²) in [5, 5.41) is 20.9. The summed E-state index contributed by atoms with van der Waals surface area (Å²) >= 11 is 3.35. The summed E-state index contributed by atoms with van der Waals surface area (Å²) in [5.74, 6) is -0.551. The van der Waals surface area contributed by atoms with Gasteiger partial charge in [-0.1, -0.05) is 15.9 Å². The minimum Gasteiger partial charge on any atom is -0.497 e. The molecule has 0 aliphatic rings. The summed E-state index contributed by atoms with van der Waals surface area (Å²) in [4.78, 5) is 23.3. The van der Waals surface area contributed by atoms with Crippen molar-refractivity contribution in [2.24, 2.45) is 0 Å². The first kappa shape index (κ1) is 22.8. The second-order valence-electron chi connectivity index (χ2n) is 5.79. The molecule has 0 aliphatic carbocycles. The number of hydrogen-bond donors (Lipinski definition) is 2. The number of methoxy groups -OCH3 is 1. The van der Waals surface area contributed by atoms with Gasteiger partial charge < -0.3 is 24.6 Å². The molecule has 1 amide bonds. The van der Waals surface area contributed by atoms with Gasteiger partial charge >= 0.3 is 5.97 Å². The molecule has 2 rings (SSSR count). The molecule has 156 valence electrons. The number of carboxylic acid groups (broad SMARTS) is 1. The molecule has 0 aliphatic heterocycles. The highest BCUT2D eigenvalue weighted by Gasteiger charge is 2.15. The molecule has 0 spiro atoms. The predicted molar refractivity (Wildman–Crippen MR) is 114 cm³/mol. The van der Waals surface area contributed by atoms with Crippen LogP contribution >= 0.6 is 15.9 Å². The number of carbonyl (C=O) groups is 2. The van der Waals surface area contributed by atoms with Crippen LogP contribution in [0.4, 0.5) is 5.69 Å². The largest absolute Gasteiger partial charge is 0.497 e. The molecule has 30 heavy (non-hydrogen) atoms. The van der Waals surface area contributed by atoms with E-state index in [1.54, 1.807) is 37.3 Å². The summed E-state index contributed by atoms with van der Waals surface area (Å²) in [6.07, 6.45) is 1.40. The first-order valence-corrected chi connectivity index (χ1v) is 9.55. The van der Waals surface area contributed by atoms with Crippen LogP contribution in [0.15, 0.2) is 46.4 Å². The Morgan fingerprint density at radius 2 is 1.87 bits per heavy atom. The Morgan fingerprint density at radius 1 is 1.20 bits per heavy atom. The van der Waals surface area contributed by atoms with Crippen molar-refractivity contribution in [1.29, 1.82) is 5.26 Å². The number of anilines is 1. The van der Waals surface area contributed by atoms with Gasteiger partial charge in [-0.15, -0.1) is 0 Å². The van der Waals surface area contributed by atoms with Gasteiger partial charge in [-0.2, -0.15) is 5.26 Å². The fourth-order valence-corrected chi connectivity index (χ4v) is 2.80. The Labute approximate surface area is 181 Å². The van der Waals surface area contributed by atoms with Crippen LogP contribution in [-0.2, 0) is 9.59 Å². The van der Waals surface area contributed by atoms with E-state index in [1.807, 2.05) is 6.07 Å². The number of carbonyl (C=O) groups excluding carboxylic acids is 1. The Morgan fingerprint density at radius 3 is 2.43 bits per heavy atom. The third-order valence-electron chi connectivity index (χ3n) is 3.73. The first-order chi connectivity index (χ1) is 14.4. The smallest absolute Gasteiger partial charge is 0.341 e. The lowest BCUT2D eigenvalue weighted by atomic mass is 10.1. The van der Waals surface area contributed by atoms with Crippen molar-refractivity contribution in [2.45, 2.75) is 6.92 Å². The van der Waals surface area contributed by atoms with Gasteiger partial charge in [-0.05, 0) is 55.0 Å². The van der Waals surface area contributed by atoms with Gasteiger partial charge in [0.25, 0.3) is 5.91 Å². The van der Waals surface area contributed by atoms with Crippen LogP contribution < -0.4 is 19.5 Å². The maximum absolute atomic E-state index is 12.5. The van der Waals surface area contributed by atoms with Crippen molar-refractivity contribution in [3.63, 3.8) is 0 Å². The Kier molecular flexibility index (Phi) is 8.26. The zero-order valence-electron chi connectivity index (χ0n) is 16.3. The minimum atomic E-state index is -1.13. The lowest BCUT2D eigenvalue weighted by molar-refractivity contribution is -0.139. The molecule has 0 fully saturated rings. The SMILES string of the molecule is CCOc1cc(/C=C(\C#N)C(=O)Nc2ccc(OC)cc2)c(Br)cc1OCC(=O)O. The van der Waals surface area contributed by atoms with Crippen LogP contribution in [0, 0.1) is 11.3 Å². The second-order valence-corrected chi connectivity index (χ2v) is 6.64. The zero-order chi connectivity index (χ0) is 22.1. The number of carboxylic acids is 1. The zero-order valence-corrected chi connectivity index (χ0v) is 17.9. The molecule has 2 aromatic carbocycles. The Balaban J connectivity index is 2.30. The fraction of sp³-hybridized carbons (Fsp3) is 0.190. The summed E-state index contributed by atoms with van der Waals surface area (Å²) < 4.78 is 16.3. The summed E-state index contributed by atoms with van der Waals surface area (Å²) in [7, 11) is 1.54. The van der Waals surface area contributed by atoms with E-state index in [4.69, 9.17) is 19.3 Å². The average Bonchev–Trinajstić information content (AvgIpc) is 2.73. The maximum atomic E-state index is 12.5. The molecule has 0 radical (unpaired) electrons. The molecular weight excluding hydrogens is 456 g/mol. The van der Waals surface area contributed by atoms with Crippen molar-refractivity contribution in [3.05, 3.63) is 52.0 Å². The van der Waals surface area contributed by atoms with E-state index in [0.29, 0.717) is 33.8 Å². The lowest BCUT2D eigenvalue weighted by Gasteiger charge is -2.13. The number of nitrogens with zero attached hydrogens (tertiary/aromatic N) is 1. The molecule has 0 atom stereocenters. The number of halogens is 1. The highest BCUT2D eigenvalue weighted by Crippen LogP contribution is 2.35. The van der Waals surface area contributed by atoms with Crippen LogP contribution in [0.1, 0.15) is 12.5 Å². The normalized spacial score (nSPS) is 10.7. The number of ether oxygens (including phenoxy) is 3. The van der Waals surface area contributed by atoms with Crippen molar-refractivity contribution >= 4 is 39.6 Å². The number of rotatable bonds is 9. The van der Waals surface area contributed by atoms with E-state index in [0.717, 1.165) is 0 Å². The highest BCUT2D eigenvalue weighted by molar-refractivity contribution is 9.10. The Hall–Kier alpha value is -3.51. The van der Waals surface area contributed by atoms with Gasteiger partial charge in [0, 0.05) is 10.2 Å². The number of amides is 1. The van der Waals surface area contributed by atoms with Gasteiger partial charge in [-0.3, -0.25) is 4.79 Å². The molecule has 0 saturated carbocycles.